The summed E-state index contributed by atoms with van der Waals surface area (Å²) in [6.07, 6.45) is 3.41. The van der Waals surface area contributed by atoms with Gasteiger partial charge in [0.15, 0.2) is 4.77 Å². The van der Waals surface area contributed by atoms with E-state index in [-0.39, 0.29) is 5.97 Å². The molecule has 1 N–H and O–H groups in total. The molecule has 4 aromatic rings. The summed E-state index contributed by atoms with van der Waals surface area (Å²) in [5.41, 5.74) is 5.44. The number of esters is 1. The highest BCUT2D eigenvalue weighted by Crippen LogP contribution is 2.32. The number of methoxy groups -OCH3 is 1. The number of carbonyl (C=O) groups excluding carboxylic acids is 1. The van der Waals surface area contributed by atoms with E-state index < -0.39 is 0 Å². The van der Waals surface area contributed by atoms with Crippen molar-refractivity contribution in [2.45, 2.75) is 53.1 Å². The first-order valence-corrected chi connectivity index (χ1v) is 11.7. The Morgan fingerprint density at radius 2 is 2.00 bits per heavy atom. The highest BCUT2D eigenvalue weighted by atomic mass is 32.1. The zero-order chi connectivity index (χ0) is 22.8. The maximum Gasteiger partial charge on any atom is 0.337 e. The first-order valence-electron chi connectivity index (χ1n) is 11.2. The number of hydrogen-bond donors (Lipinski definition) is 1. The molecule has 32 heavy (non-hydrogen) atoms. The van der Waals surface area contributed by atoms with Crippen LogP contribution in [0, 0.1) is 10.7 Å². The van der Waals surface area contributed by atoms with Gasteiger partial charge in [0.05, 0.1) is 34.7 Å². The van der Waals surface area contributed by atoms with E-state index in [0.29, 0.717) is 11.5 Å². The highest BCUT2D eigenvalue weighted by molar-refractivity contribution is 7.71. The summed E-state index contributed by atoms with van der Waals surface area (Å²) < 4.78 is 10.1. The van der Waals surface area contributed by atoms with Gasteiger partial charge >= 0.3 is 5.97 Å². The average Bonchev–Trinajstić information content (AvgIpc) is 3.29. The molecule has 2 heterocycles. The van der Waals surface area contributed by atoms with E-state index in [1.54, 1.807) is 6.07 Å². The van der Waals surface area contributed by atoms with Crippen LogP contribution >= 0.6 is 12.2 Å². The molecule has 0 spiro atoms. The van der Waals surface area contributed by atoms with Crippen LogP contribution in [0.3, 0.4) is 0 Å². The van der Waals surface area contributed by atoms with Crippen LogP contribution in [0.25, 0.3) is 33.5 Å². The van der Waals surface area contributed by atoms with Crippen LogP contribution in [0.5, 0.6) is 0 Å². The van der Waals surface area contributed by atoms with Crippen molar-refractivity contribution in [2.75, 3.05) is 7.11 Å². The third-order valence-electron chi connectivity index (χ3n) is 5.74. The number of fused-ring (bicyclic) bond motifs is 2. The SMILES string of the molecule is CCCCCn1c(=S)[nH]c2cccc(-c3nc4cc(C(=O)OC)ccc4n3CC(C)C)c21. The number of aromatic nitrogens is 4. The third kappa shape index (κ3) is 4.09. The minimum Gasteiger partial charge on any atom is -0.465 e. The van der Waals surface area contributed by atoms with Crippen molar-refractivity contribution in [3.05, 3.63) is 46.7 Å². The molecule has 0 saturated carbocycles. The predicted molar refractivity (Wildman–Crippen MR) is 132 cm³/mol. The van der Waals surface area contributed by atoms with E-state index in [0.717, 1.165) is 64.2 Å². The Hall–Kier alpha value is -2.93. The van der Waals surface area contributed by atoms with Gasteiger partial charge in [-0.2, -0.15) is 0 Å². The molecule has 2 aromatic heterocycles. The molecule has 0 fully saturated rings. The van der Waals surface area contributed by atoms with Crippen LogP contribution in [-0.4, -0.2) is 32.2 Å². The number of rotatable bonds is 8. The second kappa shape index (κ2) is 9.28. The number of imidazole rings is 2. The molecule has 6 nitrogen and oxygen atoms in total. The fourth-order valence-corrected chi connectivity index (χ4v) is 4.56. The maximum absolute atomic E-state index is 12.1. The molecule has 2 aromatic carbocycles. The van der Waals surface area contributed by atoms with E-state index in [9.17, 15) is 4.79 Å². The number of aryl methyl sites for hydroxylation is 1. The van der Waals surface area contributed by atoms with E-state index in [4.69, 9.17) is 21.9 Å². The number of para-hydroxylation sites is 1. The lowest BCUT2D eigenvalue weighted by Gasteiger charge is -2.14. The van der Waals surface area contributed by atoms with Crippen LogP contribution in [0.1, 0.15) is 50.4 Å². The van der Waals surface area contributed by atoms with Gasteiger partial charge in [0.25, 0.3) is 0 Å². The van der Waals surface area contributed by atoms with Crippen LogP contribution in [-0.2, 0) is 17.8 Å². The Morgan fingerprint density at radius 3 is 2.72 bits per heavy atom. The standard InChI is InChI=1S/C25H30N4O2S/c1-5-6-7-13-28-22-18(9-8-10-19(22)27-25(28)32)23-26-20-14-17(24(30)31-4)11-12-21(20)29(23)15-16(2)3/h8-12,14,16H,5-7,13,15H2,1-4H3,(H,27,32). The third-order valence-corrected chi connectivity index (χ3v) is 6.06. The lowest BCUT2D eigenvalue weighted by atomic mass is 10.1. The lowest BCUT2D eigenvalue weighted by Crippen LogP contribution is -2.07. The highest BCUT2D eigenvalue weighted by Gasteiger charge is 2.19. The molecular weight excluding hydrogens is 420 g/mol. The van der Waals surface area contributed by atoms with E-state index in [1.807, 2.05) is 18.2 Å². The van der Waals surface area contributed by atoms with Gasteiger partial charge in [0, 0.05) is 18.7 Å². The molecule has 0 aliphatic heterocycles. The summed E-state index contributed by atoms with van der Waals surface area (Å²) in [4.78, 5) is 20.4. The van der Waals surface area contributed by atoms with Gasteiger partial charge in [0.2, 0.25) is 0 Å². The summed E-state index contributed by atoms with van der Waals surface area (Å²) >= 11 is 5.67. The fraction of sp³-hybridized carbons (Fsp3) is 0.400. The Bertz CT molecular complexity index is 1330. The Balaban J connectivity index is 1.95. The van der Waals surface area contributed by atoms with Crippen LogP contribution in [0.2, 0.25) is 0 Å². The molecule has 0 atom stereocenters. The molecule has 168 valence electrons. The topological polar surface area (TPSA) is 64.8 Å². The van der Waals surface area contributed by atoms with Crippen molar-refractivity contribution in [1.82, 2.24) is 19.1 Å². The molecule has 0 unspecified atom stereocenters. The molecule has 0 amide bonds. The molecule has 7 heteroatoms. The molecule has 0 aliphatic rings. The second-order valence-corrected chi connectivity index (χ2v) is 9.01. The van der Waals surface area contributed by atoms with Crippen molar-refractivity contribution in [3.63, 3.8) is 0 Å². The molecule has 0 saturated heterocycles. The Labute approximate surface area is 193 Å². The first-order chi connectivity index (χ1) is 15.4. The first kappa shape index (κ1) is 22.3. The number of nitrogens with one attached hydrogen (secondary N) is 1. The van der Waals surface area contributed by atoms with E-state index >= 15 is 0 Å². The minimum absolute atomic E-state index is 0.357. The average molecular weight is 451 g/mol. The van der Waals surface area contributed by atoms with Crippen molar-refractivity contribution < 1.29 is 9.53 Å². The molecular formula is C25H30N4O2S. The lowest BCUT2D eigenvalue weighted by molar-refractivity contribution is 0.0601. The summed E-state index contributed by atoms with van der Waals surface area (Å²) in [5.74, 6) is 0.965. The van der Waals surface area contributed by atoms with Gasteiger partial charge in [0.1, 0.15) is 5.82 Å². The minimum atomic E-state index is -0.357. The molecule has 0 radical (unpaired) electrons. The van der Waals surface area contributed by atoms with Gasteiger partial charge in [-0.15, -0.1) is 0 Å². The number of ether oxygens (including phenoxy) is 1. The molecule has 0 aliphatic carbocycles. The quantitative estimate of drug-likeness (QED) is 0.193. The number of nitrogens with zero attached hydrogens (tertiary/aromatic N) is 3. The van der Waals surface area contributed by atoms with E-state index in [2.05, 4.69) is 47.0 Å². The number of hydrogen-bond acceptors (Lipinski definition) is 4. The van der Waals surface area contributed by atoms with Gasteiger partial charge in [-0.3, -0.25) is 0 Å². The number of H-pyrrole nitrogens is 1. The van der Waals surface area contributed by atoms with Crippen molar-refractivity contribution >= 4 is 40.3 Å². The van der Waals surface area contributed by atoms with Crippen molar-refractivity contribution in [3.8, 4) is 11.4 Å². The maximum atomic E-state index is 12.1. The monoisotopic (exact) mass is 450 g/mol. The van der Waals surface area contributed by atoms with Gasteiger partial charge < -0.3 is 18.9 Å². The van der Waals surface area contributed by atoms with Gasteiger partial charge in [-0.05, 0) is 54.9 Å². The van der Waals surface area contributed by atoms with Crippen molar-refractivity contribution in [2.24, 2.45) is 5.92 Å². The van der Waals surface area contributed by atoms with Gasteiger partial charge in [-0.1, -0.05) is 39.7 Å². The molecule has 4 rings (SSSR count). The second-order valence-electron chi connectivity index (χ2n) is 8.63. The van der Waals surface area contributed by atoms with Crippen LogP contribution in [0.15, 0.2) is 36.4 Å². The van der Waals surface area contributed by atoms with Crippen molar-refractivity contribution in [1.29, 1.82) is 0 Å². The number of aromatic amines is 1. The Morgan fingerprint density at radius 1 is 1.19 bits per heavy atom. The summed E-state index contributed by atoms with van der Waals surface area (Å²) in [5, 5.41) is 0. The summed E-state index contributed by atoms with van der Waals surface area (Å²) in [6.45, 7) is 8.29. The van der Waals surface area contributed by atoms with Crippen LogP contribution in [0.4, 0.5) is 0 Å². The summed E-state index contributed by atoms with van der Waals surface area (Å²) in [6, 6.07) is 11.8. The van der Waals surface area contributed by atoms with Crippen LogP contribution < -0.4 is 0 Å². The normalized spacial score (nSPS) is 11.7. The summed E-state index contributed by atoms with van der Waals surface area (Å²) in [7, 11) is 1.39. The number of unbranched alkanes of at least 4 members (excludes halogenated alkanes) is 2. The zero-order valence-electron chi connectivity index (χ0n) is 19.1. The Kier molecular flexibility index (Phi) is 6.46. The zero-order valence-corrected chi connectivity index (χ0v) is 20.0. The number of carbonyl (C=O) groups is 1. The largest absolute Gasteiger partial charge is 0.465 e. The predicted octanol–water partition coefficient (Wildman–Crippen LogP) is 6.35. The number of benzene rings is 2. The smallest absolute Gasteiger partial charge is 0.337 e. The van der Waals surface area contributed by atoms with E-state index in [1.165, 1.54) is 13.5 Å². The molecule has 0 bridgehead atoms. The fourth-order valence-electron chi connectivity index (χ4n) is 4.26. The van der Waals surface area contributed by atoms with Gasteiger partial charge in [-0.25, -0.2) is 9.78 Å².